The van der Waals surface area contributed by atoms with Crippen LogP contribution in [0.25, 0.3) is 17.1 Å². The number of aryl methyl sites for hydroxylation is 1. The molecule has 0 saturated heterocycles. The lowest BCUT2D eigenvalue weighted by atomic mass is 10.0. The van der Waals surface area contributed by atoms with E-state index in [9.17, 15) is 9.59 Å². The van der Waals surface area contributed by atoms with Crippen LogP contribution in [-0.2, 0) is 0 Å². The van der Waals surface area contributed by atoms with Crippen molar-refractivity contribution in [3.05, 3.63) is 70.1 Å². The summed E-state index contributed by atoms with van der Waals surface area (Å²) in [6.07, 6.45) is 1.63. The minimum atomic E-state index is -0.193. The third-order valence-corrected chi connectivity index (χ3v) is 3.53. The molecule has 1 N–H and O–H groups in total. The Morgan fingerprint density at radius 2 is 2.00 bits per heavy atom. The maximum atomic E-state index is 12.2. The van der Waals surface area contributed by atoms with Gasteiger partial charge in [0.15, 0.2) is 11.6 Å². The minimum Gasteiger partial charge on any atom is -0.295 e. The summed E-state index contributed by atoms with van der Waals surface area (Å²) in [5.74, 6) is 0.520. The van der Waals surface area contributed by atoms with Crippen LogP contribution in [0.15, 0.2) is 53.5 Å². The van der Waals surface area contributed by atoms with Gasteiger partial charge in [-0.1, -0.05) is 18.2 Å². The number of nitrogens with one attached hydrogen (secondary N) is 1. The third kappa shape index (κ3) is 2.48. The van der Waals surface area contributed by atoms with Crippen molar-refractivity contribution in [3.8, 4) is 17.1 Å². The van der Waals surface area contributed by atoms with Crippen molar-refractivity contribution in [1.29, 1.82) is 0 Å². The molecule has 0 radical (unpaired) electrons. The molecule has 110 valence electrons. The van der Waals surface area contributed by atoms with Gasteiger partial charge in [-0.25, -0.2) is 9.67 Å². The first-order valence-electron chi connectivity index (χ1n) is 6.91. The number of hydrogen-bond donors (Lipinski definition) is 1. The standard InChI is InChI=1S/C17H15N3O2/c1-11-6-7-13(12(2)21)9-14(11)15-10-17(22)20(19-15)16-5-3-4-8-18-16/h3-10,19H,1-2H3. The maximum absolute atomic E-state index is 12.2. The van der Waals surface area contributed by atoms with E-state index < -0.39 is 0 Å². The van der Waals surface area contributed by atoms with Gasteiger partial charge in [0.2, 0.25) is 0 Å². The average molecular weight is 293 g/mol. The van der Waals surface area contributed by atoms with E-state index in [0.29, 0.717) is 17.1 Å². The van der Waals surface area contributed by atoms with Crippen LogP contribution in [0.5, 0.6) is 0 Å². The first-order valence-corrected chi connectivity index (χ1v) is 6.91. The monoisotopic (exact) mass is 293 g/mol. The second kappa shape index (κ2) is 5.44. The largest absolute Gasteiger partial charge is 0.295 e. The zero-order chi connectivity index (χ0) is 15.7. The van der Waals surface area contributed by atoms with Crippen LogP contribution in [-0.4, -0.2) is 20.5 Å². The van der Waals surface area contributed by atoms with E-state index in [-0.39, 0.29) is 11.3 Å². The van der Waals surface area contributed by atoms with Crippen LogP contribution in [0.4, 0.5) is 0 Å². The molecule has 2 aromatic heterocycles. The summed E-state index contributed by atoms with van der Waals surface area (Å²) < 4.78 is 1.38. The first kappa shape index (κ1) is 14.0. The van der Waals surface area contributed by atoms with Crippen molar-refractivity contribution in [2.24, 2.45) is 0 Å². The molecular weight excluding hydrogens is 278 g/mol. The number of carbonyl (C=O) groups excluding carboxylic acids is 1. The van der Waals surface area contributed by atoms with Crippen LogP contribution >= 0.6 is 0 Å². The Labute approximate surface area is 127 Å². The molecule has 0 atom stereocenters. The number of aromatic amines is 1. The Balaban J connectivity index is 2.13. The molecule has 3 aromatic rings. The highest BCUT2D eigenvalue weighted by molar-refractivity contribution is 5.95. The highest BCUT2D eigenvalue weighted by Crippen LogP contribution is 2.22. The van der Waals surface area contributed by atoms with Gasteiger partial charge in [-0.15, -0.1) is 0 Å². The van der Waals surface area contributed by atoms with E-state index in [4.69, 9.17) is 0 Å². The minimum absolute atomic E-state index is 0.00671. The topological polar surface area (TPSA) is 67.8 Å². The number of benzene rings is 1. The SMILES string of the molecule is CC(=O)c1ccc(C)c(-c2cc(=O)n(-c3ccccn3)[nH]2)c1. The zero-order valence-electron chi connectivity index (χ0n) is 12.3. The molecule has 2 heterocycles. The van der Waals surface area contributed by atoms with Gasteiger partial charge in [-0.05, 0) is 37.6 Å². The fourth-order valence-electron chi connectivity index (χ4n) is 2.32. The highest BCUT2D eigenvalue weighted by Gasteiger charge is 2.11. The molecule has 5 heteroatoms. The molecule has 0 saturated carbocycles. The van der Waals surface area contributed by atoms with E-state index in [1.54, 1.807) is 30.5 Å². The molecule has 0 aliphatic rings. The smallest absolute Gasteiger partial charge is 0.273 e. The number of nitrogens with zero attached hydrogens (tertiary/aromatic N) is 2. The van der Waals surface area contributed by atoms with Gasteiger partial charge in [-0.3, -0.25) is 14.7 Å². The number of aromatic nitrogens is 3. The number of H-pyrrole nitrogens is 1. The average Bonchev–Trinajstić information content (AvgIpc) is 2.90. The van der Waals surface area contributed by atoms with Crippen molar-refractivity contribution in [2.75, 3.05) is 0 Å². The van der Waals surface area contributed by atoms with Crippen molar-refractivity contribution in [3.63, 3.8) is 0 Å². The molecule has 0 bridgehead atoms. The second-order valence-corrected chi connectivity index (χ2v) is 5.12. The van der Waals surface area contributed by atoms with E-state index in [1.807, 2.05) is 19.1 Å². The summed E-state index contributed by atoms with van der Waals surface area (Å²) in [6.45, 7) is 3.46. The summed E-state index contributed by atoms with van der Waals surface area (Å²) in [5, 5.41) is 3.05. The van der Waals surface area contributed by atoms with E-state index in [0.717, 1.165) is 11.1 Å². The van der Waals surface area contributed by atoms with Crippen molar-refractivity contribution in [2.45, 2.75) is 13.8 Å². The highest BCUT2D eigenvalue weighted by atomic mass is 16.1. The normalized spacial score (nSPS) is 10.6. The Bertz CT molecular complexity index is 892. The van der Waals surface area contributed by atoms with Gasteiger partial charge >= 0.3 is 0 Å². The Morgan fingerprint density at radius 1 is 1.18 bits per heavy atom. The number of carbonyl (C=O) groups is 1. The predicted octanol–water partition coefficient (Wildman–Crippen LogP) is 2.74. The number of Topliss-reactive ketones (excluding diaryl/α,β-unsaturated/α-hetero) is 1. The molecular formula is C17H15N3O2. The van der Waals surface area contributed by atoms with Gasteiger partial charge in [0, 0.05) is 23.4 Å². The van der Waals surface area contributed by atoms with E-state index in [2.05, 4.69) is 10.1 Å². The third-order valence-electron chi connectivity index (χ3n) is 3.53. The molecule has 1 aromatic carbocycles. The Hall–Kier alpha value is -2.95. The molecule has 3 rings (SSSR count). The summed E-state index contributed by atoms with van der Waals surface area (Å²) in [5.41, 5.74) is 2.91. The molecule has 0 amide bonds. The van der Waals surface area contributed by atoms with Crippen LogP contribution in [0.2, 0.25) is 0 Å². The number of rotatable bonds is 3. The number of ketones is 1. The second-order valence-electron chi connectivity index (χ2n) is 5.12. The fourth-order valence-corrected chi connectivity index (χ4v) is 2.32. The summed E-state index contributed by atoms with van der Waals surface area (Å²) in [4.78, 5) is 27.9. The van der Waals surface area contributed by atoms with Gasteiger partial charge < -0.3 is 0 Å². The molecule has 0 spiro atoms. The number of hydrogen-bond acceptors (Lipinski definition) is 3. The van der Waals surface area contributed by atoms with Crippen molar-refractivity contribution in [1.82, 2.24) is 14.8 Å². The van der Waals surface area contributed by atoms with Crippen LogP contribution in [0.3, 0.4) is 0 Å². The molecule has 0 fully saturated rings. The first-order chi connectivity index (χ1) is 10.6. The van der Waals surface area contributed by atoms with Crippen LogP contribution in [0, 0.1) is 6.92 Å². The number of pyridine rings is 1. The molecule has 5 nitrogen and oxygen atoms in total. The fraction of sp³-hybridized carbons (Fsp3) is 0.118. The lowest BCUT2D eigenvalue weighted by Gasteiger charge is -2.06. The summed E-state index contributed by atoms with van der Waals surface area (Å²) in [7, 11) is 0. The molecule has 0 aliphatic heterocycles. The van der Waals surface area contributed by atoms with Gasteiger partial charge in [0.05, 0.1) is 5.69 Å². The Morgan fingerprint density at radius 3 is 2.68 bits per heavy atom. The predicted molar refractivity (Wildman–Crippen MR) is 84.4 cm³/mol. The molecule has 0 aliphatic carbocycles. The lowest BCUT2D eigenvalue weighted by molar-refractivity contribution is 0.101. The van der Waals surface area contributed by atoms with Gasteiger partial charge in [-0.2, -0.15) is 0 Å². The van der Waals surface area contributed by atoms with Gasteiger partial charge in [0.1, 0.15) is 0 Å². The van der Waals surface area contributed by atoms with Crippen molar-refractivity contribution < 1.29 is 4.79 Å². The maximum Gasteiger partial charge on any atom is 0.273 e. The van der Waals surface area contributed by atoms with Crippen molar-refractivity contribution >= 4 is 5.78 Å². The lowest BCUT2D eigenvalue weighted by Crippen LogP contribution is -2.14. The quantitative estimate of drug-likeness (QED) is 0.755. The Kier molecular flexibility index (Phi) is 3.47. The van der Waals surface area contributed by atoms with E-state index >= 15 is 0 Å². The summed E-state index contributed by atoms with van der Waals surface area (Å²) >= 11 is 0. The van der Waals surface area contributed by atoms with Crippen LogP contribution in [0.1, 0.15) is 22.8 Å². The van der Waals surface area contributed by atoms with E-state index in [1.165, 1.54) is 17.7 Å². The van der Waals surface area contributed by atoms with Gasteiger partial charge in [0.25, 0.3) is 5.56 Å². The summed E-state index contributed by atoms with van der Waals surface area (Å²) in [6, 6.07) is 12.3. The van der Waals surface area contributed by atoms with Crippen LogP contribution < -0.4 is 5.56 Å². The molecule has 0 unspecified atom stereocenters. The molecule has 22 heavy (non-hydrogen) atoms. The zero-order valence-corrected chi connectivity index (χ0v) is 12.3.